The smallest absolute Gasteiger partial charge is 0.240 e. The number of piperidine rings is 1. The van der Waals surface area contributed by atoms with Crippen molar-refractivity contribution in [3.05, 3.63) is 11.7 Å². The van der Waals surface area contributed by atoms with Crippen LogP contribution in [-0.4, -0.2) is 39.3 Å². The number of β-amino-alcohol motifs (C(OH)–C–C–N with tert-alkyl or cyclic N) is 1. The third-order valence-corrected chi connectivity index (χ3v) is 2.67. The van der Waals surface area contributed by atoms with Gasteiger partial charge >= 0.3 is 0 Å². The molecule has 0 aromatic carbocycles. The summed E-state index contributed by atoms with van der Waals surface area (Å²) in [6.07, 6.45) is 2.54. The van der Waals surface area contributed by atoms with Crippen LogP contribution in [0.4, 0.5) is 0 Å². The quantitative estimate of drug-likeness (QED) is 0.792. The summed E-state index contributed by atoms with van der Waals surface area (Å²) in [7, 11) is 0. The summed E-state index contributed by atoms with van der Waals surface area (Å²) in [5.41, 5.74) is 0. The van der Waals surface area contributed by atoms with Crippen LogP contribution in [0.25, 0.3) is 0 Å². The Bertz CT molecular complexity index is 313. The second-order valence-electron chi connectivity index (χ2n) is 3.99. The molecule has 1 aromatic rings. The lowest BCUT2D eigenvalue weighted by Crippen LogP contribution is -2.37. The van der Waals surface area contributed by atoms with E-state index < -0.39 is 0 Å². The van der Waals surface area contributed by atoms with Crippen LogP contribution in [0.1, 0.15) is 31.5 Å². The van der Waals surface area contributed by atoms with Crippen LogP contribution < -0.4 is 0 Å². The second-order valence-corrected chi connectivity index (χ2v) is 3.99. The van der Waals surface area contributed by atoms with Crippen LogP contribution >= 0.6 is 0 Å². The summed E-state index contributed by atoms with van der Waals surface area (Å²) < 4.78 is 5.11. The Balaban J connectivity index is 1.90. The lowest BCUT2D eigenvalue weighted by atomic mass is 10.1. The Labute approximate surface area is 89.1 Å². The van der Waals surface area contributed by atoms with Crippen molar-refractivity contribution >= 4 is 0 Å². The number of hydrogen-bond acceptors (Lipinski definition) is 5. The molecule has 0 spiro atoms. The monoisotopic (exact) mass is 211 g/mol. The van der Waals surface area contributed by atoms with Crippen molar-refractivity contribution < 1.29 is 9.63 Å². The first-order valence-electron chi connectivity index (χ1n) is 5.50. The predicted molar refractivity (Wildman–Crippen MR) is 54.2 cm³/mol. The largest absolute Gasteiger partial charge is 0.392 e. The van der Waals surface area contributed by atoms with E-state index in [0.717, 1.165) is 31.6 Å². The summed E-state index contributed by atoms with van der Waals surface area (Å²) in [6.45, 7) is 4.37. The van der Waals surface area contributed by atoms with Crippen LogP contribution in [0.3, 0.4) is 0 Å². The summed E-state index contributed by atoms with van der Waals surface area (Å²) in [6, 6.07) is 0. The van der Waals surface area contributed by atoms with E-state index in [2.05, 4.69) is 15.0 Å². The average molecular weight is 211 g/mol. The van der Waals surface area contributed by atoms with Crippen LogP contribution in [0.15, 0.2) is 4.52 Å². The van der Waals surface area contributed by atoms with Crippen LogP contribution in [-0.2, 0) is 13.0 Å². The highest BCUT2D eigenvalue weighted by molar-refractivity contribution is 4.86. The number of aromatic nitrogens is 2. The van der Waals surface area contributed by atoms with Gasteiger partial charge in [-0.15, -0.1) is 0 Å². The lowest BCUT2D eigenvalue weighted by molar-refractivity contribution is 0.0613. The number of likely N-dealkylation sites (tertiary alicyclic amines) is 1. The minimum Gasteiger partial charge on any atom is -0.392 e. The average Bonchev–Trinajstić information content (AvgIpc) is 2.65. The first-order valence-corrected chi connectivity index (χ1v) is 5.50. The molecule has 1 aliphatic rings. The Hall–Kier alpha value is -0.940. The highest BCUT2D eigenvalue weighted by Gasteiger charge is 2.19. The number of aryl methyl sites for hydroxylation is 1. The number of aliphatic hydroxyl groups excluding tert-OH is 1. The molecule has 0 unspecified atom stereocenters. The van der Waals surface area contributed by atoms with Gasteiger partial charge in [0.15, 0.2) is 5.82 Å². The molecule has 2 heterocycles. The first kappa shape index (κ1) is 10.6. The molecule has 1 fully saturated rings. The minimum absolute atomic E-state index is 0.202. The molecular formula is C10H17N3O2. The third kappa shape index (κ3) is 2.76. The molecule has 1 N–H and O–H groups in total. The fourth-order valence-corrected chi connectivity index (χ4v) is 1.86. The maximum atomic E-state index is 9.50. The van der Waals surface area contributed by atoms with Crippen molar-refractivity contribution in [2.24, 2.45) is 0 Å². The van der Waals surface area contributed by atoms with Gasteiger partial charge in [-0.25, -0.2) is 0 Å². The fraction of sp³-hybridized carbons (Fsp3) is 0.800. The Morgan fingerprint density at radius 3 is 3.13 bits per heavy atom. The SMILES string of the molecule is CCc1noc(CN2CCC[C@@H](O)C2)n1. The third-order valence-electron chi connectivity index (χ3n) is 2.67. The van der Waals surface area contributed by atoms with E-state index in [1.807, 2.05) is 6.92 Å². The highest BCUT2D eigenvalue weighted by atomic mass is 16.5. The zero-order valence-electron chi connectivity index (χ0n) is 9.02. The van der Waals surface area contributed by atoms with Gasteiger partial charge in [-0.3, -0.25) is 4.90 Å². The molecule has 1 aliphatic heterocycles. The predicted octanol–water partition coefficient (Wildman–Crippen LogP) is 0.589. The van der Waals surface area contributed by atoms with E-state index >= 15 is 0 Å². The molecule has 0 bridgehead atoms. The van der Waals surface area contributed by atoms with Crippen LogP contribution in [0, 0.1) is 0 Å². The molecule has 1 atom stereocenters. The molecule has 5 nitrogen and oxygen atoms in total. The normalized spacial score (nSPS) is 23.2. The van der Waals surface area contributed by atoms with E-state index in [4.69, 9.17) is 4.52 Å². The second kappa shape index (κ2) is 4.72. The van der Waals surface area contributed by atoms with Crippen molar-refractivity contribution in [2.75, 3.05) is 13.1 Å². The van der Waals surface area contributed by atoms with Gasteiger partial charge in [0.05, 0.1) is 12.6 Å². The number of aliphatic hydroxyl groups is 1. The number of rotatable bonds is 3. The summed E-state index contributed by atoms with van der Waals surface area (Å²) in [5, 5.41) is 13.3. The summed E-state index contributed by atoms with van der Waals surface area (Å²) in [4.78, 5) is 6.40. The Morgan fingerprint density at radius 2 is 2.47 bits per heavy atom. The van der Waals surface area contributed by atoms with Crippen molar-refractivity contribution in [1.82, 2.24) is 15.0 Å². The van der Waals surface area contributed by atoms with Crippen molar-refractivity contribution in [3.8, 4) is 0 Å². The molecular weight excluding hydrogens is 194 g/mol. The zero-order valence-corrected chi connectivity index (χ0v) is 9.02. The van der Waals surface area contributed by atoms with E-state index in [0.29, 0.717) is 19.0 Å². The molecule has 0 amide bonds. The standard InChI is InChI=1S/C10H17N3O2/c1-2-9-11-10(15-12-9)7-13-5-3-4-8(14)6-13/h8,14H,2-7H2,1H3/t8-/m1/s1. The molecule has 5 heteroatoms. The van der Waals surface area contributed by atoms with Gasteiger partial charge in [0.25, 0.3) is 0 Å². The van der Waals surface area contributed by atoms with Gasteiger partial charge in [0, 0.05) is 13.0 Å². The minimum atomic E-state index is -0.202. The molecule has 2 rings (SSSR count). The number of nitrogens with zero attached hydrogens (tertiary/aromatic N) is 3. The lowest BCUT2D eigenvalue weighted by Gasteiger charge is -2.28. The van der Waals surface area contributed by atoms with Crippen molar-refractivity contribution in [3.63, 3.8) is 0 Å². The van der Waals surface area contributed by atoms with Crippen LogP contribution in [0.2, 0.25) is 0 Å². The van der Waals surface area contributed by atoms with Crippen molar-refractivity contribution in [2.45, 2.75) is 38.8 Å². The van der Waals surface area contributed by atoms with Crippen molar-refractivity contribution in [1.29, 1.82) is 0 Å². The van der Waals surface area contributed by atoms with E-state index in [9.17, 15) is 5.11 Å². The Kier molecular flexibility index (Phi) is 3.33. The molecule has 15 heavy (non-hydrogen) atoms. The molecule has 84 valence electrons. The topological polar surface area (TPSA) is 62.4 Å². The van der Waals surface area contributed by atoms with Gasteiger partial charge in [0.2, 0.25) is 5.89 Å². The summed E-state index contributed by atoms with van der Waals surface area (Å²) >= 11 is 0. The van der Waals surface area contributed by atoms with Gasteiger partial charge in [-0.1, -0.05) is 12.1 Å². The van der Waals surface area contributed by atoms with Gasteiger partial charge in [0.1, 0.15) is 0 Å². The van der Waals surface area contributed by atoms with E-state index in [1.54, 1.807) is 0 Å². The van der Waals surface area contributed by atoms with Gasteiger partial charge < -0.3 is 9.63 Å². The van der Waals surface area contributed by atoms with Gasteiger partial charge in [-0.2, -0.15) is 4.98 Å². The highest BCUT2D eigenvalue weighted by Crippen LogP contribution is 2.12. The zero-order chi connectivity index (χ0) is 10.7. The van der Waals surface area contributed by atoms with E-state index in [1.165, 1.54) is 0 Å². The maximum Gasteiger partial charge on any atom is 0.240 e. The van der Waals surface area contributed by atoms with Gasteiger partial charge in [-0.05, 0) is 19.4 Å². The first-order chi connectivity index (χ1) is 7.28. The van der Waals surface area contributed by atoms with Crippen LogP contribution in [0.5, 0.6) is 0 Å². The number of hydrogen-bond donors (Lipinski definition) is 1. The molecule has 0 saturated carbocycles. The molecule has 1 saturated heterocycles. The Morgan fingerprint density at radius 1 is 1.60 bits per heavy atom. The molecule has 1 aromatic heterocycles. The maximum absolute atomic E-state index is 9.50. The van der Waals surface area contributed by atoms with E-state index in [-0.39, 0.29) is 6.10 Å². The molecule has 0 radical (unpaired) electrons. The fourth-order valence-electron chi connectivity index (χ4n) is 1.86. The summed E-state index contributed by atoms with van der Waals surface area (Å²) in [5.74, 6) is 1.41. The molecule has 0 aliphatic carbocycles.